The average Bonchev–Trinajstić information content (AvgIpc) is 3.42. The van der Waals surface area contributed by atoms with Crippen molar-refractivity contribution < 1.29 is 14.3 Å². The van der Waals surface area contributed by atoms with Crippen LogP contribution >= 0.6 is 0 Å². The molecule has 0 bridgehead atoms. The van der Waals surface area contributed by atoms with Gasteiger partial charge in [-0.25, -0.2) is 0 Å². The van der Waals surface area contributed by atoms with Crippen LogP contribution in [-0.4, -0.2) is 35.0 Å². The van der Waals surface area contributed by atoms with Gasteiger partial charge in [-0.15, -0.1) is 0 Å². The summed E-state index contributed by atoms with van der Waals surface area (Å²) in [7, 11) is 1.56. The molecule has 28 heavy (non-hydrogen) atoms. The van der Waals surface area contributed by atoms with Crippen molar-refractivity contribution in [3.05, 3.63) is 58.8 Å². The molecule has 1 aliphatic carbocycles. The summed E-state index contributed by atoms with van der Waals surface area (Å²) in [4.78, 5) is 24.1. The number of carbonyl (C=O) groups excluding carboxylic acids is 2. The lowest BCUT2D eigenvalue weighted by Gasteiger charge is -2.10. The number of hydrogen-bond acceptors (Lipinski definition) is 4. The van der Waals surface area contributed by atoms with Crippen molar-refractivity contribution in [2.75, 3.05) is 7.11 Å². The topological polar surface area (TPSA) is 84.1 Å². The van der Waals surface area contributed by atoms with Crippen LogP contribution in [0, 0.1) is 0 Å². The zero-order valence-electron chi connectivity index (χ0n) is 15.8. The summed E-state index contributed by atoms with van der Waals surface area (Å²) in [6.45, 7) is 1.54. The summed E-state index contributed by atoms with van der Waals surface area (Å²) in [5, 5.41) is 11.1. The highest BCUT2D eigenvalue weighted by atomic mass is 16.5. The van der Waals surface area contributed by atoms with Crippen molar-refractivity contribution in [2.45, 2.75) is 25.8 Å². The summed E-state index contributed by atoms with van der Waals surface area (Å²) >= 11 is 0. The first-order valence-electron chi connectivity index (χ1n) is 9.22. The monoisotopic (exact) mass is 375 g/mol. The molecule has 2 aromatic carbocycles. The molecule has 1 saturated carbocycles. The molecule has 0 radical (unpaired) electrons. The summed E-state index contributed by atoms with van der Waals surface area (Å²) in [5.74, 6) is 0.390. The number of aromatic amines is 1. The molecule has 0 saturated heterocycles. The molecule has 1 aliphatic rings. The van der Waals surface area contributed by atoms with E-state index in [4.69, 9.17) is 4.74 Å². The van der Waals surface area contributed by atoms with Crippen LogP contribution in [0.1, 0.15) is 51.7 Å². The normalized spacial score (nSPS) is 13.8. The molecule has 6 heteroatoms. The second-order valence-corrected chi connectivity index (χ2v) is 6.94. The largest absolute Gasteiger partial charge is 0.495 e. The van der Waals surface area contributed by atoms with Crippen molar-refractivity contribution >= 4 is 34.7 Å². The predicted molar refractivity (Wildman–Crippen MR) is 109 cm³/mol. The van der Waals surface area contributed by atoms with Crippen molar-refractivity contribution in [3.63, 3.8) is 0 Å². The quantitative estimate of drug-likeness (QED) is 0.641. The third-order valence-electron chi connectivity index (χ3n) is 4.80. The van der Waals surface area contributed by atoms with Crippen LogP contribution in [-0.2, 0) is 0 Å². The highest BCUT2D eigenvalue weighted by Gasteiger charge is 2.26. The number of nitrogens with zero attached hydrogens (tertiary/aromatic N) is 1. The fraction of sp³-hybridized carbons (Fsp3) is 0.227. The Bertz CT molecular complexity index is 1090. The van der Waals surface area contributed by atoms with Crippen LogP contribution in [0.4, 0.5) is 0 Å². The van der Waals surface area contributed by atoms with E-state index in [0.717, 1.165) is 29.3 Å². The maximum Gasteiger partial charge on any atom is 0.255 e. The van der Waals surface area contributed by atoms with Crippen molar-refractivity contribution in [3.8, 4) is 5.75 Å². The molecule has 1 aromatic heterocycles. The Morgan fingerprint density at radius 3 is 2.75 bits per heavy atom. The Morgan fingerprint density at radius 1 is 1.21 bits per heavy atom. The molecule has 1 amide bonds. The number of nitrogens with one attached hydrogen (secondary N) is 2. The van der Waals surface area contributed by atoms with E-state index >= 15 is 0 Å². The van der Waals surface area contributed by atoms with Crippen LogP contribution in [0.15, 0.2) is 36.4 Å². The van der Waals surface area contributed by atoms with Gasteiger partial charge in [0.05, 0.1) is 29.3 Å². The minimum absolute atomic E-state index is 0.0217. The number of aromatic nitrogens is 2. The fourth-order valence-corrected chi connectivity index (χ4v) is 3.15. The molecule has 3 aromatic rings. The average molecular weight is 375 g/mol. The maximum atomic E-state index is 12.6. The van der Waals surface area contributed by atoms with Gasteiger partial charge in [0.15, 0.2) is 5.78 Å². The molecule has 2 N–H and O–H groups in total. The Hall–Kier alpha value is -3.41. The van der Waals surface area contributed by atoms with E-state index in [0.29, 0.717) is 22.6 Å². The van der Waals surface area contributed by atoms with Gasteiger partial charge >= 0.3 is 0 Å². The van der Waals surface area contributed by atoms with Gasteiger partial charge < -0.3 is 10.1 Å². The molecule has 142 valence electrons. The number of hydrogen-bond donors (Lipinski definition) is 2. The molecule has 0 unspecified atom stereocenters. The number of H-pyrrole nitrogens is 1. The van der Waals surface area contributed by atoms with Crippen molar-refractivity contribution in [2.24, 2.45) is 0 Å². The minimum atomic E-state index is -0.133. The Balaban J connectivity index is 1.72. The Labute approximate surface area is 162 Å². The van der Waals surface area contributed by atoms with Crippen LogP contribution in [0.3, 0.4) is 0 Å². The molecule has 1 fully saturated rings. The number of ketones is 1. The van der Waals surface area contributed by atoms with Crippen LogP contribution in [0.5, 0.6) is 5.75 Å². The number of carbonyl (C=O) groups is 2. The van der Waals surface area contributed by atoms with E-state index < -0.39 is 0 Å². The number of methoxy groups -OCH3 is 1. The number of Topliss-reactive ketones (excluding diaryl/α,β-unsaturated/α-hetero) is 1. The smallest absolute Gasteiger partial charge is 0.255 e. The predicted octanol–water partition coefficient (Wildman–Crippen LogP) is 3.84. The summed E-state index contributed by atoms with van der Waals surface area (Å²) in [5.41, 5.74) is 3.51. The van der Waals surface area contributed by atoms with Crippen molar-refractivity contribution in [1.29, 1.82) is 0 Å². The molecule has 0 spiro atoms. The zero-order valence-corrected chi connectivity index (χ0v) is 15.8. The first-order valence-corrected chi connectivity index (χ1v) is 9.22. The third kappa shape index (κ3) is 3.53. The van der Waals surface area contributed by atoms with Gasteiger partial charge in [0, 0.05) is 11.6 Å². The van der Waals surface area contributed by atoms with Crippen LogP contribution < -0.4 is 10.1 Å². The van der Waals surface area contributed by atoms with Crippen LogP contribution in [0.25, 0.3) is 23.1 Å². The lowest BCUT2D eigenvalue weighted by atomic mass is 10.1. The number of fused-ring (bicyclic) bond motifs is 1. The van der Waals surface area contributed by atoms with Gasteiger partial charge in [0.1, 0.15) is 5.75 Å². The van der Waals surface area contributed by atoms with Gasteiger partial charge in [0.2, 0.25) is 0 Å². The lowest BCUT2D eigenvalue weighted by Crippen LogP contribution is -2.25. The second kappa shape index (κ2) is 7.31. The van der Waals surface area contributed by atoms with Gasteiger partial charge in [0.25, 0.3) is 5.91 Å². The molecule has 4 rings (SSSR count). The Morgan fingerprint density at radius 2 is 2.04 bits per heavy atom. The highest BCUT2D eigenvalue weighted by molar-refractivity contribution is 6.05. The molecular weight excluding hydrogens is 354 g/mol. The van der Waals surface area contributed by atoms with Gasteiger partial charge in [-0.05, 0) is 49.6 Å². The minimum Gasteiger partial charge on any atom is -0.495 e. The highest BCUT2D eigenvalue weighted by Crippen LogP contribution is 2.33. The standard InChI is InChI=1S/C22H21N3O3/c1-13(26)15-5-3-4-14(12-15)6-10-18-20-19(25-24-18)11-9-17(21(20)28-2)22(27)23-16-7-8-16/h3-6,9-12,16H,7-8H2,1-2H3,(H,23,27)(H,24,25). The summed E-state index contributed by atoms with van der Waals surface area (Å²) in [6, 6.07) is 11.2. The number of benzene rings is 2. The Kier molecular flexibility index (Phi) is 4.69. The zero-order chi connectivity index (χ0) is 19.7. The number of rotatable bonds is 6. The third-order valence-corrected chi connectivity index (χ3v) is 4.80. The number of ether oxygens (including phenoxy) is 1. The second-order valence-electron chi connectivity index (χ2n) is 6.94. The molecule has 0 atom stereocenters. The van der Waals surface area contributed by atoms with E-state index in [-0.39, 0.29) is 17.7 Å². The fourth-order valence-electron chi connectivity index (χ4n) is 3.15. The molecule has 0 aliphatic heterocycles. The molecule has 6 nitrogen and oxygen atoms in total. The first kappa shape index (κ1) is 18.0. The maximum absolute atomic E-state index is 12.6. The van der Waals surface area contributed by atoms with Crippen molar-refractivity contribution in [1.82, 2.24) is 15.5 Å². The van der Waals surface area contributed by atoms with E-state index in [2.05, 4.69) is 15.5 Å². The summed E-state index contributed by atoms with van der Waals surface area (Å²) < 4.78 is 5.58. The number of amides is 1. The van der Waals surface area contributed by atoms with Gasteiger partial charge in [-0.3, -0.25) is 14.7 Å². The summed E-state index contributed by atoms with van der Waals surface area (Å²) in [6.07, 6.45) is 5.78. The van der Waals surface area contributed by atoms with Crippen LogP contribution in [0.2, 0.25) is 0 Å². The molecular formula is C22H21N3O3. The van der Waals surface area contributed by atoms with E-state index in [1.54, 1.807) is 26.2 Å². The van der Waals surface area contributed by atoms with Gasteiger partial charge in [-0.1, -0.05) is 24.3 Å². The van der Waals surface area contributed by atoms with E-state index in [1.807, 2.05) is 36.4 Å². The van der Waals surface area contributed by atoms with E-state index in [1.165, 1.54) is 0 Å². The lowest BCUT2D eigenvalue weighted by molar-refractivity contribution is 0.0947. The molecule has 1 heterocycles. The SMILES string of the molecule is COc1c(C(=O)NC2CC2)ccc2[nH]nc(C=Cc3cccc(C(C)=O)c3)c12. The van der Waals surface area contributed by atoms with Gasteiger partial charge in [-0.2, -0.15) is 5.10 Å². The first-order chi connectivity index (χ1) is 13.6. The van der Waals surface area contributed by atoms with E-state index in [9.17, 15) is 9.59 Å².